The summed E-state index contributed by atoms with van der Waals surface area (Å²) in [4.78, 5) is 18.4. The molecule has 2 N–H and O–H groups in total. The van der Waals surface area contributed by atoms with E-state index in [4.69, 9.17) is 5.73 Å². The zero-order valence-electron chi connectivity index (χ0n) is 10.8. The van der Waals surface area contributed by atoms with E-state index in [1.165, 1.54) is 0 Å². The van der Waals surface area contributed by atoms with Crippen LogP contribution in [-0.4, -0.2) is 39.9 Å². The van der Waals surface area contributed by atoms with Gasteiger partial charge in [-0.2, -0.15) is 11.8 Å². The number of rotatable bonds is 2. The number of hydrogen-bond acceptors (Lipinski definition) is 4. The van der Waals surface area contributed by atoms with Gasteiger partial charge in [0, 0.05) is 41.7 Å². The first-order valence-corrected chi connectivity index (χ1v) is 7.29. The van der Waals surface area contributed by atoms with Crippen LogP contribution < -0.4 is 5.73 Å². The summed E-state index contributed by atoms with van der Waals surface area (Å²) in [5, 5.41) is 0.544. The number of hydrogen-bond donors (Lipinski definition) is 1. The lowest BCUT2D eigenvalue weighted by molar-refractivity contribution is 0.0761. The second-order valence-electron chi connectivity index (χ2n) is 4.57. The lowest BCUT2D eigenvalue weighted by Crippen LogP contribution is -2.42. The molecule has 18 heavy (non-hydrogen) atoms. The molecule has 1 amide bonds. The van der Waals surface area contributed by atoms with Crippen LogP contribution >= 0.6 is 11.8 Å². The highest BCUT2D eigenvalue weighted by molar-refractivity contribution is 8.00. The summed E-state index contributed by atoms with van der Waals surface area (Å²) in [7, 11) is 0. The van der Waals surface area contributed by atoms with Crippen LogP contribution in [-0.2, 0) is 0 Å². The Balaban J connectivity index is 2.15. The molecule has 1 aliphatic heterocycles. The molecule has 0 spiro atoms. The Labute approximate surface area is 112 Å². The Morgan fingerprint density at radius 3 is 3.11 bits per heavy atom. The van der Waals surface area contributed by atoms with Gasteiger partial charge in [0.25, 0.3) is 5.91 Å². The predicted molar refractivity (Wildman–Crippen MR) is 75.8 cm³/mol. The zero-order chi connectivity index (χ0) is 13.1. The molecule has 5 heteroatoms. The first kappa shape index (κ1) is 13.2. The average molecular weight is 265 g/mol. The van der Waals surface area contributed by atoms with E-state index in [9.17, 15) is 4.79 Å². The van der Waals surface area contributed by atoms with Crippen LogP contribution in [0.15, 0.2) is 12.3 Å². The molecule has 0 saturated carbocycles. The first-order valence-electron chi connectivity index (χ1n) is 6.24. The van der Waals surface area contributed by atoms with Gasteiger partial charge in [-0.15, -0.1) is 0 Å². The number of thioether (sulfide) groups is 1. The van der Waals surface area contributed by atoms with Gasteiger partial charge < -0.3 is 10.6 Å². The predicted octanol–water partition coefficient (Wildman–Crippen LogP) is 1.94. The molecule has 0 aliphatic carbocycles. The van der Waals surface area contributed by atoms with Crippen LogP contribution in [0.25, 0.3) is 0 Å². The molecule has 1 aromatic rings. The molecule has 1 aromatic heterocycles. The SMILES string of the molecule is CCC1CN(C(=O)c2cnc(C)cc2N)CCS1. The average Bonchev–Trinajstić information content (AvgIpc) is 2.38. The normalized spacial score (nSPS) is 19.9. The number of amides is 1. The molecule has 98 valence electrons. The van der Waals surface area contributed by atoms with Crippen molar-refractivity contribution in [3.05, 3.63) is 23.5 Å². The molecule has 1 fully saturated rings. The molecule has 2 heterocycles. The van der Waals surface area contributed by atoms with E-state index in [1.54, 1.807) is 12.3 Å². The largest absolute Gasteiger partial charge is 0.398 e. The quantitative estimate of drug-likeness (QED) is 0.888. The fourth-order valence-corrected chi connectivity index (χ4v) is 3.26. The van der Waals surface area contributed by atoms with Crippen molar-refractivity contribution < 1.29 is 4.79 Å². The third-order valence-corrected chi connectivity index (χ3v) is 4.56. The van der Waals surface area contributed by atoms with Crippen LogP contribution in [0.4, 0.5) is 5.69 Å². The highest BCUT2D eigenvalue weighted by atomic mass is 32.2. The standard InChI is InChI=1S/C13H19N3OS/c1-3-10-8-16(4-5-18-10)13(17)11-7-15-9(2)6-12(11)14/h6-7,10H,3-5,8H2,1-2H3,(H2,14,15). The minimum atomic E-state index is 0.0127. The summed E-state index contributed by atoms with van der Waals surface area (Å²) < 4.78 is 0. The Morgan fingerprint density at radius 1 is 1.67 bits per heavy atom. The minimum Gasteiger partial charge on any atom is -0.398 e. The molecule has 4 nitrogen and oxygen atoms in total. The van der Waals surface area contributed by atoms with Gasteiger partial charge in [-0.3, -0.25) is 9.78 Å². The number of aryl methyl sites for hydroxylation is 1. The molecular formula is C13H19N3OS. The van der Waals surface area contributed by atoms with Gasteiger partial charge in [-0.25, -0.2) is 0 Å². The highest BCUT2D eigenvalue weighted by Gasteiger charge is 2.25. The minimum absolute atomic E-state index is 0.0127. The van der Waals surface area contributed by atoms with Gasteiger partial charge in [-0.05, 0) is 19.4 Å². The fourth-order valence-electron chi connectivity index (χ4n) is 2.08. The van der Waals surface area contributed by atoms with E-state index in [2.05, 4.69) is 11.9 Å². The van der Waals surface area contributed by atoms with Crippen molar-refractivity contribution >= 4 is 23.4 Å². The van der Waals surface area contributed by atoms with E-state index in [-0.39, 0.29) is 5.91 Å². The Bertz CT molecular complexity index is 450. The second kappa shape index (κ2) is 5.61. The number of nitrogens with zero attached hydrogens (tertiary/aromatic N) is 2. The molecule has 1 unspecified atom stereocenters. The number of nitrogens with two attached hydrogens (primary N) is 1. The van der Waals surface area contributed by atoms with Gasteiger partial charge in [0.15, 0.2) is 0 Å². The van der Waals surface area contributed by atoms with Crippen LogP contribution in [0.2, 0.25) is 0 Å². The summed E-state index contributed by atoms with van der Waals surface area (Å²) in [6, 6.07) is 1.75. The van der Waals surface area contributed by atoms with Gasteiger partial charge in [-0.1, -0.05) is 6.92 Å². The first-order chi connectivity index (χ1) is 8.61. The maximum Gasteiger partial charge on any atom is 0.257 e. The van der Waals surface area contributed by atoms with E-state index < -0.39 is 0 Å². The van der Waals surface area contributed by atoms with Crippen molar-refractivity contribution in [2.75, 3.05) is 24.6 Å². The maximum absolute atomic E-state index is 12.4. The molecule has 1 saturated heterocycles. The van der Waals surface area contributed by atoms with Crippen molar-refractivity contribution in [3.63, 3.8) is 0 Å². The summed E-state index contributed by atoms with van der Waals surface area (Å²) in [5.41, 5.74) is 7.80. The molecule has 1 atom stereocenters. The van der Waals surface area contributed by atoms with E-state index >= 15 is 0 Å². The molecule has 0 radical (unpaired) electrons. The topological polar surface area (TPSA) is 59.2 Å². The van der Waals surface area contributed by atoms with Crippen molar-refractivity contribution in [1.29, 1.82) is 0 Å². The van der Waals surface area contributed by atoms with E-state index in [0.717, 1.165) is 31.0 Å². The maximum atomic E-state index is 12.4. The fraction of sp³-hybridized carbons (Fsp3) is 0.538. The molecule has 1 aliphatic rings. The van der Waals surface area contributed by atoms with Gasteiger partial charge in [0.2, 0.25) is 0 Å². The number of carbonyl (C=O) groups is 1. The summed E-state index contributed by atoms with van der Waals surface area (Å²) in [6.07, 6.45) is 2.69. The number of pyridine rings is 1. The molecular weight excluding hydrogens is 246 g/mol. The summed E-state index contributed by atoms with van der Waals surface area (Å²) in [5.74, 6) is 1.02. The second-order valence-corrected chi connectivity index (χ2v) is 5.97. The number of nitrogen functional groups attached to an aromatic ring is 1. The van der Waals surface area contributed by atoms with Gasteiger partial charge >= 0.3 is 0 Å². The monoisotopic (exact) mass is 265 g/mol. The molecule has 0 bridgehead atoms. The third-order valence-electron chi connectivity index (χ3n) is 3.18. The van der Waals surface area contributed by atoms with E-state index in [1.807, 2.05) is 23.6 Å². The third kappa shape index (κ3) is 2.77. The lowest BCUT2D eigenvalue weighted by atomic mass is 10.1. The van der Waals surface area contributed by atoms with E-state index in [0.29, 0.717) is 16.5 Å². The van der Waals surface area contributed by atoms with Crippen molar-refractivity contribution in [2.24, 2.45) is 0 Å². The number of aromatic nitrogens is 1. The Kier molecular flexibility index (Phi) is 4.11. The number of anilines is 1. The van der Waals surface area contributed by atoms with Gasteiger partial charge in [0.05, 0.1) is 5.56 Å². The van der Waals surface area contributed by atoms with Crippen molar-refractivity contribution in [3.8, 4) is 0 Å². The van der Waals surface area contributed by atoms with Gasteiger partial charge in [0.1, 0.15) is 0 Å². The molecule has 0 aromatic carbocycles. The van der Waals surface area contributed by atoms with Crippen molar-refractivity contribution in [2.45, 2.75) is 25.5 Å². The highest BCUT2D eigenvalue weighted by Crippen LogP contribution is 2.23. The van der Waals surface area contributed by atoms with Crippen LogP contribution in [0.5, 0.6) is 0 Å². The van der Waals surface area contributed by atoms with Crippen molar-refractivity contribution in [1.82, 2.24) is 9.88 Å². The lowest BCUT2D eigenvalue weighted by Gasteiger charge is -2.32. The zero-order valence-corrected chi connectivity index (χ0v) is 11.7. The summed E-state index contributed by atoms with van der Waals surface area (Å²) in [6.45, 7) is 5.64. The summed E-state index contributed by atoms with van der Waals surface area (Å²) >= 11 is 1.95. The van der Waals surface area contributed by atoms with Crippen LogP contribution in [0, 0.1) is 6.92 Å². The Morgan fingerprint density at radius 2 is 2.44 bits per heavy atom. The number of carbonyl (C=O) groups excluding carboxylic acids is 1. The Hall–Kier alpha value is -1.23. The smallest absolute Gasteiger partial charge is 0.257 e. The molecule has 2 rings (SSSR count). The van der Waals surface area contributed by atoms with Crippen LogP contribution in [0.1, 0.15) is 29.4 Å². The van der Waals surface area contributed by atoms with Crippen LogP contribution in [0.3, 0.4) is 0 Å².